The van der Waals surface area contributed by atoms with Crippen molar-refractivity contribution in [2.24, 2.45) is 0 Å². The molecule has 2 nitrogen and oxygen atoms in total. The Kier molecular flexibility index (Phi) is 5.19. The molecule has 210 valence electrons. The average Bonchev–Trinajstić information content (AvgIpc) is 3.76. The van der Waals surface area contributed by atoms with E-state index in [4.69, 9.17) is 0 Å². The number of nitrogens with zero attached hydrogens (tertiary/aromatic N) is 2. The molecule has 0 fully saturated rings. The Morgan fingerprint density at radius 3 is 1.44 bits per heavy atom. The van der Waals surface area contributed by atoms with Crippen molar-refractivity contribution in [3.8, 4) is 22.5 Å². The summed E-state index contributed by atoms with van der Waals surface area (Å²) in [5.74, 6) is 0. The Morgan fingerprint density at radius 2 is 0.822 bits per heavy atom. The van der Waals surface area contributed by atoms with Gasteiger partial charge >= 0.3 is 0 Å². The predicted molar refractivity (Wildman–Crippen MR) is 193 cm³/mol. The normalized spacial score (nSPS) is 12.0. The topological polar surface area (TPSA) is 9.86 Å². The third kappa shape index (κ3) is 3.50. The van der Waals surface area contributed by atoms with Crippen molar-refractivity contribution in [3.63, 3.8) is 0 Å². The fourth-order valence-electron chi connectivity index (χ4n) is 7.37. The van der Waals surface area contributed by atoms with Crippen LogP contribution in [0.5, 0.6) is 0 Å². The van der Waals surface area contributed by atoms with Crippen LogP contribution in [0.3, 0.4) is 0 Å². The molecule has 45 heavy (non-hydrogen) atoms. The lowest BCUT2D eigenvalue weighted by molar-refractivity contribution is 1.18. The fraction of sp³-hybridized carbons (Fsp3) is 0. The Labute approximate surface area is 263 Å². The predicted octanol–water partition coefficient (Wildman–Crippen LogP) is 11.9. The molecule has 0 saturated carbocycles. The van der Waals surface area contributed by atoms with Crippen molar-refractivity contribution in [2.75, 3.05) is 0 Å². The van der Waals surface area contributed by atoms with Gasteiger partial charge in [0.1, 0.15) is 0 Å². The van der Waals surface area contributed by atoms with Gasteiger partial charge in [-0.25, -0.2) is 0 Å². The van der Waals surface area contributed by atoms with Gasteiger partial charge in [-0.05, 0) is 65.7 Å². The van der Waals surface area contributed by atoms with E-state index in [2.05, 4.69) is 167 Å². The highest BCUT2D eigenvalue weighted by Gasteiger charge is 2.21. The molecule has 0 amide bonds. The highest BCUT2D eigenvalue weighted by molar-refractivity contribution is 7.27. The molecule has 0 aliphatic rings. The number of hydrogen-bond acceptors (Lipinski definition) is 1. The minimum Gasteiger partial charge on any atom is -0.309 e. The molecule has 3 aromatic heterocycles. The van der Waals surface area contributed by atoms with Gasteiger partial charge < -0.3 is 9.13 Å². The number of fused-ring (bicyclic) bond motifs is 11. The van der Waals surface area contributed by atoms with Crippen LogP contribution in [-0.4, -0.2) is 9.13 Å². The molecule has 0 bridgehead atoms. The van der Waals surface area contributed by atoms with Crippen molar-refractivity contribution in [1.29, 1.82) is 0 Å². The van der Waals surface area contributed by atoms with Gasteiger partial charge in [0.25, 0.3) is 0 Å². The first-order chi connectivity index (χ1) is 22.3. The van der Waals surface area contributed by atoms with Crippen LogP contribution in [0.25, 0.3) is 86.3 Å². The Bertz CT molecular complexity index is 2730. The molecule has 7 aromatic carbocycles. The first-order valence-electron chi connectivity index (χ1n) is 15.4. The second kappa shape index (κ2) is 9.43. The van der Waals surface area contributed by atoms with Crippen LogP contribution >= 0.6 is 11.3 Å². The van der Waals surface area contributed by atoms with E-state index in [0.717, 1.165) is 0 Å². The van der Waals surface area contributed by atoms with E-state index in [1.165, 1.54) is 86.3 Å². The summed E-state index contributed by atoms with van der Waals surface area (Å²) in [7, 11) is 0. The first-order valence-corrected chi connectivity index (χ1v) is 16.2. The number of rotatable bonds is 3. The zero-order valence-corrected chi connectivity index (χ0v) is 25.1. The van der Waals surface area contributed by atoms with E-state index in [1.807, 2.05) is 11.3 Å². The second-order valence-electron chi connectivity index (χ2n) is 11.7. The second-order valence-corrected chi connectivity index (χ2v) is 12.8. The lowest BCUT2D eigenvalue weighted by Gasteiger charge is -2.08. The Balaban J connectivity index is 1.36. The molecule has 3 heterocycles. The minimum absolute atomic E-state index is 1.18. The standard InChI is InChI=1S/C42H26N2S/c1-4-12-27(13-5-1)28-20-23-36-34(26-28)40-38(44(36)30-16-8-3-9-17-30)25-22-32-31-21-24-37-39(41(31)45-42(32)40)33-18-10-11-19-35(33)43(37)29-14-6-2-7-15-29/h1-26H. The Morgan fingerprint density at radius 1 is 0.333 bits per heavy atom. The molecule has 10 rings (SSSR count). The number of benzene rings is 7. The van der Waals surface area contributed by atoms with Gasteiger partial charge in [-0.3, -0.25) is 0 Å². The molecular formula is C42H26N2S. The zero-order chi connectivity index (χ0) is 29.5. The molecule has 0 aliphatic heterocycles. The summed E-state index contributed by atoms with van der Waals surface area (Å²) in [5.41, 5.74) is 9.79. The monoisotopic (exact) mass is 590 g/mol. The van der Waals surface area contributed by atoms with Crippen molar-refractivity contribution in [2.45, 2.75) is 0 Å². The third-order valence-corrected chi connectivity index (χ3v) is 10.6. The van der Waals surface area contributed by atoms with Crippen LogP contribution in [-0.2, 0) is 0 Å². The smallest absolute Gasteiger partial charge is 0.0555 e. The maximum atomic E-state index is 2.43. The molecular weight excluding hydrogens is 565 g/mol. The van der Waals surface area contributed by atoms with Crippen LogP contribution in [0.4, 0.5) is 0 Å². The molecule has 10 aromatic rings. The van der Waals surface area contributed by atoms with Crippen molar-refractivity contribution in [1.82, 2.24) is 9.13 Å². The SMILES string of the molecule is c1ccc(-c2ccc3c(c2)c2c4sc5c(ccc6c5c5ccccc5n6-c5ccccc5)c4ccc2n3-c2ccccc2)cc1. The van der Waals surface area contributed by atoms with E-state index < -0.39 is 0 Å². The number of thiophene rings is 1. The maximum absolute atomic E-state index is 2.43. The molecule has 0 saturated heterocycles. The van der Waals surface area contributed by atoms with Gasteiger partial charge in [-0.2, -0.15) is 0 Å². The molecule has 0 atom stereocenters. The molecule has 0 N–H and O–H groups in total. The summed E-state index contributed by atoms with van der Waals surface area (Å²) in [4.78, 5) is 0. The molecule has 0 radical (unpaired) electrons. The minimum atomic E-state index is 1.18. The van der Waals surface area contributed by atoms with Crippen LogP contribution in [0, 0.1) is 0 Å². The first kappa shape index (κ1) is 24.8. The highest BCUT2D eigenvalue weighted by Crippen LogP contribution is 2.47. The average molecular weight is 591 g/mol. The van der Waals surface area contributed by atoms with Gasteiger partial charge in [0.2, 0.25) is 0 Å². The summed E-state index contributed by atoms with van der Waals surface area (Å²) < 4.78 is 7.54. The number of aromatic nitrogens is 2. The number of hydrogen-bond donors (Lipinski definition) is 0. The van der Waals surface area contributed by atoms with Gasteiger partial charge in [0.15, 0.2) is 0 Å². The van der Waals surface area contributed by atoms with Crippen LogP contribution in [0.1, 0.15) is 0 Å². The lowest BCUT2D eigenvalue weighted by atomic mass is 10.0. The van der Waals surface area contributed by atoms with E-state index >= 15 is 0 Å². The van der Waals surface area contributed by atoms with Crippen molar-refractivity contribution in [3.05, 3.63) is 158 Å². The van der Waals surface area contributed by atoms with Gasteiger partial charge in [-0.1, -0.05) is 103 Å². The largest absolute Gasteiger partial charge is 0.309 e. The third-order valence-electron chi connectivity index (χ3n) is 9.30. The summed E-state index contributed by atoms with van der Waals surface area (Å²) in [6.45, 7) is 0. The summed E-state index contributed by atoms with van der Waals surface area (Å²) in [6.07, 6.45) is 0. The van der Waals surface area contributed by atoms with Crippen molar-refractivity contribution >= 4 is 75.1 Å². The maximum Gasteiger partial charge on any atom is 0.0555 e. The van der Waals surface area contributed by atoms with Crippen LogP contribution in [0.2, 0.25) is 0 Å². The number of para-hydroxylation sites is 3. The van der Waals surface area contributed by atoms with E-state index in [1.54, 1.807) is 0 Å². The summed E-state index contributed by atoms with van der Waals surface area (Å²) >= 11 is 1.94. The van der Waals surface area contributed by atoms with Crippen LogP contribution in [0.15, 0.2) is 158 Å². The molecule has 3 heteroatoms. The Hall–Kier alpha value is -5.64. The van der Waals surface area contributed by atoms with Gasteiger partial charge in [0.05, 0.1) is 22.1 Å². The summed E-state index contributed by atoms with van der Waals surface area (Å²) in [6, 6.07) is 57.4. The molecule has 0 unspecified atom stereocenters. The van der Waals surface area contributed by atoms with E-state index in [-0.39, 0.29) is 0 Å². The fourth-order valence-corrected chi connectivity index (χ4v) is 8.78. The highest BCUT2D eigenvalue weighted by atomic mass is 32.1. The molecule has 0 aliphatic carbocycles. The van der Waals surface area contributed by atoms with Gasteiger partial charge in [-0.15, -0.1) is 11.3 Å². The molecule has 0 spiro atoms. The van der Waals surface area contributed by atoms with E-state index in [0.29, 0.717) is 0 Å². The summed E-state index contributed by atoms with van der Waals surface area (Å²) in [5, 5.41) is 7.87. The van der Waals surface area contributed by atoms with Gasteiger partial charge in [0, 0.05) is 53.1 Å². The van der Waals surface area contributed by atoms with Crippen LogP contribution < -0.4 is 0 Å². The van der Waals surface area contributed by atoms with Crippen molar-refractivity contribution < 1.29 is 0 Å². The van der Waals surface area contributed by atoms with E-state index in [9.17, 15) is 0 Å². The quantitative estimate of drug-likeness (QED) is 0.194. The zero-order valence-electron chi connectivity index (χ0n) is 24.3. The lowest BCUT2D eigenvalue weighted by Crippen LogP contribution is -1.92.